The van der Waals surface area contributed by atoms with Crippen molar-refractivity contribution in [3.8, 4) is 22.9 Å². The minimum Gasteiger partial charge on any atom is -0.437 e. The van der Waals surface area contributed by atoms with Crippen molar-refractivity contribution in [2.24, 2.45) is 5.92 Å². The van der Waals surface area contributed by atoms with Gasteiger partial charge in [0.1, 0.15) is 23.4 Å². The number of nitrogens with one attached hydrogen (secondary N) is 2. The summed E-state index contributed by atoms with van der Waals surface area (Å²) in [5, 5.41) is 6.39. The van der Waals surface area contributed by atoms with Gasteiger partial charge in [-0.05, 0) is 56.5 Å². The first-order valence-corrected chi connectivity index (χ1v) is 14.6. The van der Waals surface area contributed by atoms with Crippen LogP contribution in [0, 0.1) is 5.92 Å². The molecule has 4 heterocycles. The Balaban J connectivity index is 0.00000423. The average Bonchev–Trinajstić information content (AvgIpc) is 3.54. The quantitative estimate of drug-likeness (QED) is 0.198. The predicted molar refractivity (Wildman–Crippen MR) is 164 cm³/mol. The Hall–Kier alpha value is -3.55. The topological polar surface area (TPSA) is 105 Å². The Kier molecular flexibility index (Phi) is 10.1. The van der Waals surface area contributed by atoms with Crippen molar-refractivity contribution in [2.45, 2.75) is 58.8 Å². The van der Waals surface area contributed by atoms with E-state index < -0.39 is 11.9 Å². The van der Waals surface area contributed by atoms with Crippen molar-refractivity contribution >= 4 is 50.8 Å². The second kappa shape index (κ2) is 13.4. The molecule has 9 nitrogen and oxygen atoms in total. The van der Waals surface area contributed by atoms with Crippen LogP contribution in [-0.4, -0.2) is 55.9 Å². The van der Waals surface area contributed by atoms with E-state index in [-0.39, 0.29) is 42.1 Å². The fourth-order valence-electron chi connectivity index (χ4n) is 5.22. The van der Waals surface area contributed by atoms with Crippen LogP contribution in [0.5, 0.6) is 11.6 Å². The van der Waals surface area contributed by atoms with Crippen molar-refractivity contribution < 1.29 is 22.7 Å². The van der Waals surface area contributed by atoms with Gasteiger partial charge in [0.25, 0.3) is 0 Å². The Labute approximate surface area is 257 Å². The molecule has 1 amide bonds. The fraction of sp³-hybridized carbons (Fsp3) is 0.414. The van der Waals surface area contributed by atoms with E-state index in [0.717, 1.165) is 36.7 Å². The minimum atomic E-state index is -4.60. The monoisotopic (exact) mass is 635 g/mol. The molecule has 5 rings (SSSR count). The summed E-state index contributed by atoms with van der Waals surface area (Å²) in [5.41, 5.74) is 0.310. The molecule has 1 aliphatic heterocycles. The van der Waals surface area contributed by atoms with Crippen LogP contribution in [0.4, 0.5) is 24.1 Å². The van der Waals surface area contributed by atoms with Crippen LogP contribution in [0.1, 0.15) is 46.2 Å². The summed E-state index contributed by atoms with van der Waals surface area (Å²) in [5.74, 6) is 0.932. The van der Waals surface area contributed by atoms with Gasteiger partial charge < -0.3 is 15.4 Å². The van der Waals surface area contributed by atoms with Crippen LogP contribution >= 0.6 is 23.7 Å². The molecule has 0 spiro atoms. The van der Waals surface area contributed by atoms with E-state index in [1.807, 2.05) is 13.0 Å². The van der Waals surface area contributed by atoms with E-state index in [9.17, 15) is 18.0 Å². The number of hydrogen-bond acceptors (Lipinski definition) is 9. The van der Waals surface area contributed by atoms with Gasteiger partial charge in [-0.1, -0.05) is 31.3 Å². The van der Waals surface area contributed by atoms with Gasteiger partial charge in [-0.15, -0.1) is 12.4 Å². The van der Waals surface area contributed by atoms with Crippen LogP contribution in [0.25, 0.3) is 21.5 Å². The number of anilines is 2. The third-order valence-corrected chi connectivity index (χ3v) is 7.87. The summed E-state index contributed by atoms with van der Waals surface area (Å²) in [4.78, 5) is 30.9. The van der Waals surface area contributed by atoms with Gasteiger partial charge in [-0.3, -0.25) is 9.69 Å². The zero-order chi connectivity index (χ0) is 30.0. The lowest BCUT2D eigenvalue weighted by molar-refractivity contribution is -0.141. The highest BCUT2D eigenvalue weighted by atomic mass is 35.5. The van der Waals surface area contributed by atoms with Crippen LogP contribution in [-0.2, 0) is 11.0 Å². The van der Waals surface area contributed by atoms with Crippen molar-refractivity contribution in [2.75, 3.05) is 23.7 Å². The molecule has 0 aliphatic carbocycles. The van der Waals surface area contributed by atoms with E-state index in [1.165, 1.54) is 30.7 Å². The van der Waals surface area contributed by atoms with Crippen molar-refractivity contribution in [1.82, 2.24) is 24.8 Å². The molecule has 3 aromatic heterocycles. The highest BCUT2D eigenvalue weighted by molar-refractivity contribution is 7.22. The highest BCUT2D eigenvalue weighted by Gasteiger charge is 2.35. The molecule has 0 bridgehead atoms. The van der Waals surface area contributed by atoms with Crippen LogP contribution in [0.15, 0.2) is 42.7 Å². The second-order valence-corrected chi connectivity index (χ2v) is 11.8. The van der Waals surface area contributed by atoms with Gasteiger partial charge in [-0.25, -0.2) is 19.9 Å². The second-order valence-electron chi connectivity index (χ2n) is 10.8. The number of nitrogens with zero attached hydrogens (tertiary/aromatic N) is 5. The lowest BCUT2D eigenvalue weighted by Gasteiger charge is -2.32. The number of fused-ring (bicyclic) bond motifs is 1. The Morgan fingerprint density at radius 1 is 1.16 bits per heavy atom. The number of carbonyl (C=O) groups is 1. The van der Waals surface area contributed by atoms with Gasteiger partial charge in [0, 0.05) is 37.2 Å². The Morgan fingerprint density at radius 3 is 2.67 bits per heavy atom. The molecular formula is C29H33ClF3N7O2S. The highest BCUT2D eigenvalue weighted by Crippen LogP contribution is 2.37. The maximum Gasteiger partial charge on any atom is 0.433 e. The third kappa shape index (κ3) is 7.70. The number of carbonyl (C=O) groups excluding carboxylic acids is 1. The smallest absolute Gasteiger partial charge is 0.433 e. The van der Waals surface area contributed by atoms with Crippen molar-refractivity contribution in [3.63, 3.8) is 0 Å². The molecule has 1 saturated heterocycles. The van der Waals surface area contributed by atoms with Crippen molar-refractivity contribution in [1.29, 1.82) is 0 Å². The normalized spacial score (nSPS) is 16.2. The van der Waals surface area contributed by atoms with Gasteiger partial charge in [0.05, 0.1) is 10.4 Å². The first-order valence-electron chi connectivity index (χ1n) is 13.7. The molecule has 0 saturated carbocycles. The molecule has 0 radical (unpaired) electrons. The molecule has 2 N–H and O–H groups in total. The molecule has 1 aliphatic rings. The van der Waals surface area contributed by atoms with E-state index in [2.05, 4.69) is 49.3 Å². The predicted octanol–water partition coefficient (Wildman–Crippen LogP) is 7.26. The molecule has 1 unspecified atom stereocenters. The number of rotatable bonds is 9. The first kappa shape index (κ1) is 32.4. The molecule has 2 atom stereocenters. The van der Waals surface area contributed by atoms with Gasteiger partial charge in [0.2, 0.25) is 11.8 Å². The van der Waals surface area contributed by atoms with Crippen LogP contribution < -0.4 is 15.4 Å². The zero-order valence-corrected chi connectivity index (χ0v) is 25.7. The average molecular weight is 636 g/mol. The zero-order valence-electron chi connectivity index (χ0n) is 24.1. The van der Waals surface area contributed by atoms with Gasteiger partial charge >= 0.3 is 6.18 Å². The van der Waals surface area contributed by atoms with E-state index in [4.69, 9.17) is 4.74 Å². The maximum atomic E-state index is 13.7. The molecule has 4 aromatic rings. The summed E-state index contributed by atoms with van der Waals surface area (Å²) in [6.45, 7) is 9.58. The number of halogens is 4. The van der Waals surface area contributed by atoms with E-state index in [0.29, 0.717) is 33.6 Å². The summed E-state index contributed by atoms with van der Waals surface area (Å²) in [7, 11) is 0. The minimum absolute atomic E-state index is 0. The number of alkyl halides is 3. The molecule has 1 aromatic carbocycles. The Bertz CT molecular complexity index is 1580. The standard InChI is InChI=1S/C29H32F3N7O2S.ClH/c1-16(2)14-39-12-6-7-21(39)17(3)35-27-19(10-11-24(37-27)29(30,31)32)20-13-25(34-15-33-20)41-22-8-5-9-23-26(22)38-28(42-23)36-18(4)40;/h5,8-11,13,15-17,21H,6-7,12,14H2,1-4H3,(H,35,37)(H,36,38,40);1H/t17-,21?;/m1./s1. The largest absolute Gasteiger partial charge is 0.437 e. The van der Waals surface area contributed by atoms with Crippen LogP contribution in [0.3, 0.4) is 0 Å². The molecular weight excluding hydrogens is 603 g/mol. The number of benzene rings is 1. The van der Waals surface area contributed by atoms with Gasteiger partial charge in [0.15, 0.2) is 10.9 Å². The first-order chi connectivity index (χ1) is 20.0. The fourth-order valence-corrected chi connectivity index (χ4v) is 6.15. The Morgan fingerprint density at radius 2 is 1.95 bits per heavy atom. The third-order valence-electron chi connectivity index (χ3n) is 6.94. The molecule has 43 heavy (non-hydrogen) atoms. The van der Waals surface area contributed by atoms with Crippen LogP contribution in [0.2, 0.25) is 0 Å². The van der Waals surface area contributed by atoms with Crippen molar-refractivity contribution in [3.05, 3.63) is 48.4 Å². The van der Waals surface area contributed by atoms with Gasteiger partial charge in [-0.2, -0.15) is 13.2 Å². The molecule has 230 valence electrons. The number of ether oxygens (including phenoxy) is 1. The maximum absolute atomic E-state index is 13.7. The number of para-hydroxylation sites is 1. The number of thiazole rings is 1. The lowest BCUT2D eigenvalue weighted by Crippen LogP contribution is -2.43. The van der Waals surface area contributed by atoms with E-state index in [1.54, 1.807) is 18.2 Å². The summed E-state index contributed by atoms with van der Waals surface area (Å²) < 4.78 is 47.9. The SMILES string of the molecule is CC(=O)Nc1nc2c(Oc3cc(-c4ccc(C(F)(F)F)nc4N[C@H](C)C4CCCN4CC(C)C)ncn3)cccc2s1.Cl. The number of hydrogen-bond donors (Lipinski definition) is 2. The summed E-state index contributed by atoms with van der Waals surface area (Å²) in [6.07, 6.45) is -1.32. The number of aromatic nitrogens is 4. The molecule has 1 fully saturated rings. The summed E-state index contributed by atoms with van der Waals surface area (Å²) >= 11 is 1.31. The lowest BCUT2D eigenvalue weighted by atomic mass is 10.0. The number of amides is 1. The number of likely N-dealkylation sites (tertiary alicyclic amines) is 1. The number of pyridine rings is 1. The summed E-state index contributed by atoms with van der Waals surface area (Å²) in [6, 6.07) is 9.27. The van der Waals surface area contributed by atoms with E-state index >= 15 is 0 Å². The molecule has 14 heteroatoms.